The number of likely N-dealkylation sites (N-methyl/N-ethyl adjacent to an activating group) is 2. The van der Waals surface area contributed by atoms with Crippen LogP contribution in [0.3, 0.4) is 0 Å². The van der Waals surface area contributed by atoms with Crippen molar-refractivity contribution in [2.24, 2.45) is 5.73 Å². The first kappa shape index (κ1) is 26.9. The largest absolute Gasteiger partial charge is 0.343 e. The molecule has 0 aliphatic heterocycles. The topological polar surface area (TPSA) is 125 Å². The van der Waals surface area contributed by atoms with Crippen molar-refractivity contribution in [3.63, 3.8) is 0 Å². The minimum atomic E-state index is -0.507. The first-order valence-corrected chi connectivity index (χ1v) is 12.4. The molecule has 4 rings (SSSR count). The van der Waals surface area contributed by atoms with Crippen LogP contribution in [0.1, 0.15) is 35.3 Å². The molecular weight excluding hydrogens is 478 g/mol. The van der Waals surface area contributed by atoms with Gasteiger partial charge in [-0.2, -0.15) is 0 Å². The molecule has 4 N–H and O–H groups in total. The maximum Gasteiger partial charge on any atom is 0.255 e. The van der Waals surface area contributed by atoms with Crippen LogP contribution < -0.4 is 21.3 Å². The van der Waals surface area contributed by atoms with E-state index in [1.54, 1.807) is 18.3 Å². The number of hydrogen-bond acceptors (Lipinski definition) is 9. The zero-order chi connectivity index (χ0) is 27.4. The Labute approximate surface area is 223 Å². The number of nitrogens with two attached hydrogens (primary N) is 1. The molecule has 38 heavy (non-hydrogen) atoms. The summed E-state index contributed by atoms with van der Waals surface area (Å²) in [6, 6.07) is 13.1. The third-order valence-corrected chi connectivity index (χ3v) is 6.21. The van der Waals surface area contributed by atoms with Crippen LogP contribution in [0.2, 0.25) is 0 Å². The Morgan fingerprint density at radius 3 is 2.55 bits per heavy atom. The van der Waals surface area contributed by atoms with Crippen LogP contribution in [-0.2, 0) is 5.54 Å². The van der Waals surface area contributed by atoms with Gasteiger partial charge in [0.1, 0.15) is 17.4 Å². The zero-order valence-electron chi connectivity index (χ0n) is 22.8. The summed E-state index contributed by atoms with van der Waals surface area (Å²) in [4.78, 5) is 35.2. The highest BCUT2D eigenvalue weighted by molar-refractivity contribution is 6.05. The van der Waals surface area contributed by atoms with Crippen molar-refractivity contribution >= 4 is 40.1 Å². The summed E-state index contributed by atoms with van der Waals surface area (Å²) < 4.78 is 0. The van der Waals surface area contributed by atoms with E-state index in [9.17, 15) is 4.79 Å². The molecule has 0 saturated carbocycles. The number of fused-ring (bicyclic) bond motifs is 1. The van der Waals surface area contributed by atoms with Gasteiger partial charge in [-0.15, -0.1) is 0 Å². The van der Waals surface area contributed by atoms with E-state index in [4.69, 9.17) is 10.7 Å². The fraction of sp³-hybridized carbons (Fsp3) is 0.321. The highest BCUT2D eigenvalue weighted by atomic mass is 16.1. The molecule has 10 nitrogen and oxygen atoms in total. The standard InChI is InChI=1S/C28H35N9O/c1-18-10-11-19(26(38)33-21-9-7-8-20(15-21)28(2,3)29)14-22(18)34-25-24-23(31-17-32-25)16-30-27(35-24)37(6)13-12-36(4)5/h7-11,14-17H,12-13,29H2,1-6H3,(H,33,38)(H,31,32,34). The molecule has 0 bridgehead atoms. The van der Waals surface area contributed by atoms with E-state index in [1.807, 2.05) is 77.1 Å². The molecule has 1 amide bonds. The highest BCUT2D eigenvalue weighted by Crippen LogP contribution is 2.26. The molecule has 2 aromatic carbocycles. The van der Waals surface area contributed by atoms with Gasteiger partial charge in [-0.1, -0.05) is 18.2 Å². The van der Waals surface area contributed by atoms with Crippen molar-refractivity contribution in [3.8, 4) is 0 Å². The van der Waals surface area contributed by atoms with Crippen molar-refractivity contribution in [2.75, 3.05) is 49.8 Å². The van der Waals surface area contributed by atoms with Crippen LogP contribution in [-0.4, -0.2) is 65.0 Å². The lowest BCUT2D eigenvalue weighted by Gasteiger charge is -2.20. The summed E-state index contributed by atoms with van der Waals surface area (Å²) in [5.74, 6) is 0.905. The van der Waals surface area contributed by atoms with Gasteiger partial charge in [0.2, 0.25) is 5.95 Å². The summed E-state index contributed by atoms with van der Waals surface area (Å²) in [5.41, 5.74) is 10.8. The first-order valence-electron chi connectivity index (χ1n) is 12.4. The van der Waals surface area contributed by atoms with Crippen LogP contribution in [0, 0.1) is 6.92 Å². The monoisotopic (exact) mass is 513 g/mol. The highest BCUT2D eigenvalue weighted by Gasteiger charge is 2.16. The number of aromatic nitrogens is 4. The minimum absolute atomic E-state index is 0.222. The quantitative estimate of drug-likeness (QED) is 0.305. The molecule has 0 atom stereocenters. The summed E-state index contributed by atoms with van der Waals surface area (Å²) in [6.07, 6.45) is 3.17. The van der Waals surface area contributed by atoms with Gasteiger partial charge in [0.05, 0.1) is 6.20 Å². The van der Waals surface area contributed by atoms with E-state index < -0.39 is 5.54 Å². The summed E-state index contributed by atoms with van der Waals surface area (Å²) >= 11 is 0. The van der Waals surface area contributed by atoms with Gasteiger partial charge < -0.3 is 26.2 Å². The van der Waals surface area contributed by atoms with Crippen molar-refractivity contribution in [3.05, 3.63) is 71.7 Å². The molecule has 2 heterocycles. The second kappa shape index (κ2) is 11.1. The number of benzene rings is 2. The number of nitrogens with one attached hydrogen (secondary N) is 2. The molecule has 0 spiro atoms. The summed E-state index contributed by atoms with van der Waals surface area (Å²) in [5, 5.41) is 6.33. The predicted molar refractivity (Wildman–Crippen MR) is 153 cm³/mol. The molecule has 10 heteroatoms. The molecular formula is C28H35N9O. The van der Waals surface area contributed by atoms with Gasteiger partial charge >= 0.3 is 0 Å². The minimum Gasteiger partial charge on any atom is -0.343 e. The predicted octanol–water partition coefficient (Wildman–Crippen LogP) is 3.92. The second-order valence-electron chi connectivity index (χ2n) is 10.3. The maximum absolute atomic E-state index is 13.1. The van der Waals surface area contributed by atoms with Gasteiger partial charge in [0.15, 0.2) is 5.82 Å². The van der Waals surface area contributed by atoms with E-state index in [1.165, 1.54) is 6.33 Å². The Hall–Kier alpha value is -4.15. The summed E-state index contributed by atoms with van der Waals surface area (Å²) in [6.45, 7) is 7.47. The SMILES string of the molecule is Cc1ccc(C(=O)Nc2cccc(C(C)(C)N)c2)cc1Nc1ncnc2cnc(N(C)CCN(C)C)nc12. The zero-order valence-corrected chi connectivity index (χ0v) is 22.8. The summed E-state index contributed by atoms with van der Waals surface area (Å²) in [7, 11) is 6.01. The van der Waals surface area contributed by atoms with Gasteiger partial charge in [0.25, 0.3) is 5.91 Å². The Kier molecular flexibility index (Phi) is 7.84. The van der Waals surface area contributed by atoms with Gasteiger partial charge in [0, 0.05) is 42.6 Å². The van der Waals surface area contributed by atoms with Crippen molar-refractivity contribution in [1.82, 2.24) is 24.8 Å². The maximum atomic E-state index is 13.1. The lowest BCUT2D eigenvalue weighted by atomic mass is 9.95. The first-order chi connectivity index (χ1) is 18.0. The van der Waals surface area contributed by atoms with Crippen LogP contribution >= 0.6 is 0 Å². The average Bonchev–Trinajstić information content (AvgIpc) is 2.88. The van der Waals surface area contributed by atoms with E-state index in [-0.39, 0.29) is 5.91 Å². The molecule has 0 aliphatic carbocycles. The Balaban J connectivity index is 1.59. The van der Waals surface area contributed by atoms with E-state index >= 15 is 0 Å². The number of amides is 1. The third kappa shape index (κ3) is 6.39. The molecule has 2 aromatic heterocycles. The van der Waals surface area contributed by atoms with Crippen molar-refractivity contribution in [1.29, 1.82) is 0 Å². The van der Waals surface area contributed by atoms with Crippen LogP contribution in [0.4, 0.5) is 23.1 Å². The number of carbonyl (C=O) groups is 1. The van der Waals surface area contributed by atoms with Crippen molar-refractivity contribution < 1.29 is 4.79 Å². The number of aryl methyl sites for hydroxylation is 1. The second-order valence-corrected chi connectivity index (χ2v) is 10.3. The Morgan fingerprint density at radius 2 is 1.82 bits per heavy atom. The van der Waals surface area contributed by atoms with Gasteiger partial charge in [-0.3, -0.25) is 4.79 Å². The smallest absolute Gasteiger partial charge is 0.255 e. The molecule has 0 unspecified atom stereocenters. The number of rotatable bonds is 9. The number of anilines is 4. The van der Waals surface area contributed by atoms with E-state index in [2.05, 4.69) is 30.5 Å². The Morgan fingerprint density at radius 1 is 1.03 bits per heavy atom. The number of hydrogen-bond donors (Lipinski definition) is 3. The molecule has 0 fully saturated rings. The van der Waals surface area contributed by atoms with Gasteiger partial charge in [-0.05, 0) is 70.3 Å². The molecule has 0 radical (unpaired) electrons. The van der Waals surface area contributed by atoms with Crippen LogP contribution in [0.25, 0.3) is 11.0 Å². The molecule has 0 saturated heterocycles. The fourth-order valence-corrected chi connectivity index (χ4v) is 3.80. The fourth-order valence-electron chi connectivity index (χ4n) is 3.80. The van der Waals surface area contributed by atoms with Crippen LogP contribution in [0.15, 0.2) is 55.0 Å². The van der Waals surface area contributed by atoms with Crippen LogP contribution in [0.5, 0.6) is 0 Å². The lowest BCUT2D eigenvalue weighted by molar-refractivity contribution is 0.102. The van der Waals surface area contributed by atoms with Gasteiger partial charge in [-0.25, -0.2) is 19.9 Å². The van der Waals surface area contributed by atoms with E-state index in [0.29, 0.717) is 34.1 Å². The van der Waals surface area contributed by atoms with Crippen molar-refractivity contribution in [2.45, 2.75) is 26.3 Å². The number of nitrogens with zero attached hydrogens (tertiary/aromatic N) is 6. The molecule has 0 aliphatic rings. The number of carbonyl (C=O) groups excluding carboxylic acids is 1. The van der Waals surface area contributed by atoms with E-state index in [0.717, 1.165) is 29.9 Å². The average molecular weight is 514 g/mol. The normalized spacial score (nSPS) is 11.6. The Bertz CT molecular complexity index is 1450. The lowest BCUT2D eigenvalue weighted by Crippen LogP contribution is -2.29. The third-order valence-electron chi connectivity index (χ3n) is 6.21. The molecule has 4 aromatic rings. The molecule has 198 valence electrons.